The molecule has 4 rings (SSSR count). The van der Waals surface area contributed by atoms with Crippen molar-refractivity contribution in [2.24, 2.45) is 0 Å². The molecule has 0 saturated heterocycles. The van der Waals surface area contributed by atoms with E-state index in [0.29, 0.717) is 6.61 Å². The summed E-state index contributed by atoms with van der Waals surface area (Å²) in [7, 11) is 1.72. The minimum absolute atomic E-state index is 0. The number of nitrogens with zero attached hydrogens (tertiary/aromatic N) is 1. The molecule has 0 heterocycles. The van der Waals surface area contributed by atoms with Gasteiger partial charge < -0.3 is 4.74 Å². The lowest BCUT2D eigenvalue weighted by Crippen LogP contribution is -2.04. The van der Waals surface area contributed by atoms with Crippen molar-refractivity contribution in [3.05, 3.63) is 87.5 Å². The van der Waals surface area contributed by atoms with E-state index in [1.54, 1.807) is 14.0 Å². The highest BCUT2D eigenvalue weighted by atomic mass is 16.5. The van der Waals surface area contributed by atoms with Gasteiger partial charge in [-0.2, -0.15) is 5.26 Å². The molecule has 2 aromatic carbocycles. The van der Waals surface area contributed by atoms with E-state index in [1.165, 1.54) is 65.5 Å². The van der Waals surface area contributed by atoms with Crippen LogP contribution < -0.4 is 0 Å². The zero-order valence-electron chi connectivity index (χ0n) is 21.1. The highest BCUT2D eigenvalue weighted by Crippen LogP contribution is 2.36. The Hall–Kier alpha value is -2.96. The van der Waals surface area contributed by atoms with E-state index in [-0.39, 0.29) is 7.21 Å². The molecule has 3 heteroatoms. The van der Waals surface area contributed by atoms with E-state index in [0.717, 1.165) is 29.9 Å². The lowest BCUT2D eigenvalue weighted by Gasteiger charge is -2.21. The second kappa shape index (κ2) is 12.5. The molecule has 34 heavy (non-hydrogen) atoms. The number of aryl methyl sites for hydroxylation is 1. The van der Waals surface area contributed by atoms with Gasteiger partial charge in [0.1, 0.15) is 0 Å². The van der Waals surface area contributed by atoms with E-state index in [9.17, 15) is 4.79 Å². The molecule has 0 spiro atoms. The van der Waals surface area contributed by atoms with Crippen molar-refractivity contribution in [1.82, 2.24) is 0 Å². The molecule has 2 aromatic rings. The van der Waals surface area contributed by atoms with Crippen molar-refractivity contribution in [3.8, 4) is 6.07 Å². The van der Waals surface area contributed by atoms with Crippen LogP contribution in [0, 0.1) is 11.3 Å². The Bertz CT molecular complexity index is 1100. The molecule has 1 saturated carbocycles. The fourth-order valence-electron chi connectivity index (χ4n) is 5.05. The van der Waals surface area contributed by atoms with E-state index in [1.807, 2.05) is 24.3 Å². The smallest absolute Gasteiger partial charge is 0.159 e. The van der Waals surface area contributed by atoms with Crippen molar-refractivity contribution in [2.75, 3.05) is 13.7 Å². The molecule has 2 aliphatic carbocycles. The number of rotatable bonds is 6. The van der Waals surface area contributed by atoms with Crippen molar-refractivity contribution in [3.63, 3.8) is 0 Å². The van der Waals surface area contributed by atoms with Gasteiger partial charge in [-0.15, -0.1) is 0 Å². The molecule has 0 unspecified atom stereocenters. The van der Waals surface area contributed by atoms with Crippen LogP contribution in [0.4, 0.5) is 0 Å². The van der Waals surface area contributed by atoms with Crippen LogP contribution in [0.1, 0.15) is 99.3 Å². The third-order valence-electron chi connectivity index (χ3n) is 6.97. The summed E-state index contributed by atoms with van der Waals surface area (Å²) >= 11 is 0. The van der Waals surface area contributed by atoms with Crippen molar-refractivity contribution < 1.29 is 11.0 Å². The quantitative estimate of drug-likeness (QED) is 0.412. The lowest BCUT2D eigenvalue weighted by atomic mass is 9.84. The maximum Gasteiger partial charge on any atom is 0.159 e. The largest absolute Gasteiger partial charge is 0.380 e. The van der Waals surface area contributed by atoms with E-state index in [2.05, 4.69) is 44.2 Å². The van der Waals surface area contributed by atoms with Crippen LogP contribution in [0.2, 0.25) is 0 Å². The Labute approximate surface area is 206 Å². The third kappa shape index (κ3) is 6.55. The van der Waals surface area contributed by atoms with Crippen LogP contribution in [0.5, 0.6) is 0 Å². The van der Waals surface area contributed by atoms with E-state index in [4.69, 9.17) is 10.00 Å². The van der Waals surface area contributed by atoms with Gasteiger partial charge in [0.2, 0.25) is 0 Å². The Kier molecular flexibility index (Phi) is 9.42. The van der Waals surface area contributed by atoms with Crippen LogP contribution >= 0.6 is 0 Å². The first-order valence-corrected chi connectivity index (χ1v) is 12.5. The minimum atomic E-state index is 0. The van der Waals surface area contributed by atoms with Crippen molar-refractivity contribution in [1.29, 1.82) is 5.26 Å². The molecule has 0 N–H and O–H groups in total. The summed E-state index contributed by atoms with van der Waals surface area (Å²) in [6.07, 6.45) is 10.9. The number of hydrogen-bond donors (Lipinski definition) is 0. The standard InChI is InChI=1S/C18H22O2.C13H15N.H2/c1-5-15-6-7-16(13(3)19)10-18(15)17-9-14(11-20-4)8-12(17)2;14-10-11-6-8-13(9-7-11)12-4-2-1-3-5-12;/h6-8,10H,5,9,11H2,1-4H3;6-9,12H,1-5H2;1H. The van der Waals surface area contributed by atoms with Gasteiger partial charge in [-0.3, -0.25) is 4.79 Å². The van der Waals surface area contributed by atoms with E-state index < -0.39 is 0 Å². The predicted molar refractivity (Wildman–Crippen MR) is 142 cm³/mol. The molecule has 3 nitrogen and oxygen atoms in total. The van der Waals surface area contributed by atoms with Gasteiger partial charge in [0.15, 0.2) is 5.78 Å². The summed E-state index contributed by atoms with van der Waals surface area (Å²) in [5.41, 5.74) is 9.42. The number of nitriles is 1. The number of ketones is 1. The highest BCUT2D eigenvalue weighted by molar-refractivity contribution is 5.95. The Morgan fingerprint density at radius 3 is 2.41 bits per heavy atom. The van der Waals surface area contributed by atoms with Crippen LogP contribution in [0.3, 0.4) is 0 Å². The number of carbonyl (C=O) groups excluding carboxylic acids is 1. The number of methoxy groups -OCH3 is 1. The van der Waals surface area contributed by atoms with Crippen LogP contribution in [-0.2, 0) is 11.2 Å². The molecule has 0 atom stereocenters. The first-order chi connectivity index (χ1) is 16.5. The number of ether oxygens (including phenoxy) is 1. The number of hydrogen-bond acceptors (Lipinski definition) is 3. The second-order valence-corrected chi connectivity index (χ2v) is 9.42. The maximum atomic E-state index is 11.6. The normalized spacial score (nSPS) is 15.9. The average molecular weight is 458 g/mol. The maximum absolute atomic E-state index is 11.6. The SMILES string of the molecule is CCc1ccc(C(C)=O)cc1C1=C(C)C=C(COC)C1.N#Cc1ccc(C2CCCCC2)cc1.[HH]. The van der Waals surface area contributed by atoms with E-state index >= 15 is 0 Å². The van der Waals surface area contributed by atoms with Crippen LogP contribution in [0.25, 0.3) is 5.57 Å². The highest BCUT2D eigenvalue weighted by Gasteiger charge is 2.18. The van der Waals surface area contributed by atoms with Gasteiger partial charge in [0, 0.05) is 14.1 Å². The molecule has 1 fully saturated rings. The monoisotopic (exact) mass is 457 g/mol. The van der Waals surface area contributed by atoms with Crippen LogP contribution in [-0.4, -0.2) is 19.5 Å². The number of allylic oxidation sites excluding steroid dienone is 3. The van der Waals surface area contributed by atoms with Gasteiger partial charge >= 0.3 is 0 Å². The third-order valence-corrected chi connectivity index (χ3v) is 6.97. The molecular formula is C31H39NO2. The lowest BCUT2D eigenvalue weighted by molar-refractivity contribution is 0.101. The number of Topliss-reactive ketones (excluding diaryl/α,β-unsaturated/α-hetero) is 1. The summed E-state index contributed by atoms with van der Waals surface area (Å²) in [5.74, 6) is 0.867. The Balaban J connectivity index is 0.000000254. The first kappa shape index (κ1) is 25.7. The van der Waals surface area contributed by atoms with Gasteiger partial charge in [-0.05, 0) is 97.1 Å². The number of benzene rings is 2. The number of carbonyl (C=O) groups is 1. The minimum Gasteiger partial charge on any atom is -0.380 e. The summed E-state index contributed by atoms with van der Waals surface area (Å²) in [5, 5.41) is 8.69. The summed E-state index contributed by atoms with van der Waals surface area (Å²) in [6, 6.07) is 16.3. The van der Waals surface area contributed by atoms with Gasteiger partial charge in [-0.25, -0.2) is 0 Å². The predicted octanol–water partition coefficient (Wildman–Crippen LogP) is 8.05. The molecule has 0 bridgehead atoms. The van der Waals surface area contributed by atoms with Crippen LogP contribution in [0.15, 0.2) is 59.7 Å². The molecule has 2 aliphatic rings. The van der Waals surface area contributed by atoms with Crippen molar-refractivity contribution in [2.45, 2.75) is 71.6 Å². The fourth-order valence-corrected chi connectivity index (χ4v) is 5.05. The Morgan fingerprint density at radius 2 is 1.82 bits per heavy atom. The first-order valence-electron chi connectivity index (χ1n) is 12.5. The molecule has 0 aliphatic heterocycles. The average Bonchev–Trinajstić information content (AvgIpc) is 3.24. The summed E-state index contributed by atoms with van der Waals surface area (Å²) < 4.78 is 5.23. The van der Waals surface area contributed by atoms with Gasteiger partial charge in [-0.1, -0.05) is 56.5 Å². The second-order valence-electron chi connectivity index (χ2n) is 9.42. The zero-order valence-corrected chi connectivity index (χ0v) is 21.1. The molecular weight excluding hydrogens is 418 g/mol. The molecule has 0 aromatic heterocycles. The summed E-state index contributed by atoms with van der Waals surface area (Å²) in [4.78, 5) is 11.6. The molecule has 0 amide bonds. The summed E-state index contributed by atoms with van der Waals surface area (Å²) in [6.45, 7) is 6.59. The molecule has 180 valence electrons. The van der Waals surface area contributed by atoms with Gasteiger partial charge in [0.25, 0.3) is 0 Å². The Morgan fingerprint density at radius 1 is 1.12 bits per heavy atom. The topological polar surface area (TPSA) is 50.1 Å². The van der Waals surface area contributed by atoms with Gasteiger partial charge in [0.05, 0.1) is 18.2 Å². The fraction of sp³-hybridized carbons (Fsp3) is 0.419. The van der Waals surface area contributed by atoms with Crippen molar-refractivity contribution >= 4 is 11.4 Å². The molecule has 0 radical (unpaired) electrons. The zero-order chi connectivity index (χ0) is 24.5.